The number of carbonyl (C=O) groups is 2. The lowest BCUT2D eigenvalue weighted by molar-refractivity contribution is -0.116. The summed E-state index contributed by atoms with van der Waals surface area (Å²) in [7, 11) is 0. The first-order valence-corrected chi connectivity index (χ1v) is 7.74. The van der Waals surface area contributed by atoms with E-state index >= 15 is 0 Å². The van der Waals surface area contributed by atoms with E-state index in [4.69, 9.17) is 4.74 Å². The van der Waals surface area contributed by atoms with Gasteiger partial charge in [0.1, 0.15) is 0 Å². The van der Waals surface area contributed by atoms with Crippen molar-refractivity contribution in [2.45, 2.75) is 52.4 Å². The number of hydrogen-bond donors (Lipinski definition) is 1. The lowest BCUT2D eigenvalue weighted by Crippen LogP contribution is -2.11. The van der Waals surface area contributed by atoms with Crippen molar-refractivity contribution >= 4 is 17.6 Å². The number of nitrogens with one attached hydrogen (secondary N) is 1. The highest BCUT2D eigenvalue weighted by Gasteiger charge is 2.07. The molecule has 0 bridgehead atoms. The van der Waals surface area contributed by atoms with Crippen LogP contribution in [-0.4, -0.2) is 18.5 Å². The van der Waals surface area contributed by atoms with Crippen LogP contribution in [0.1, 0.15) is 62.7 Å². The number of rotatable bonds is 9. The maximum absolute atomic E-state index is 11.7. The van der Waals surface area contributed by atoms with Gasteiger partial charge in [0.25, 0.3) is 0 Å². The summed E-state index contributed by atoms with van der Waals surface area (Å²) in [5.41, 5.74) is 1.21. The Hall–Kier alpha value is -1.84. The van der Waals surface area contributed by atoms with E-state index < -0.39 is 0 Å². The van der Waals surface area contributed by atoms with Gasteiger partial charge in [-0.2, -0.15) is 0 Å². The molecule has 0 unspecified atom stereocenters. The Morgan fingerprint density at radius 1 is 1.00 bits per heavy atom. The zero-order valence-corrected chi connectivity index (χ0v) is 13.0. The number of hydrogen-bond acceptors (Lipinski definition) is 3. The van der Waals surface area contributed by atoms with Crippen LogP contribution in [0.3, 0.4) is 0 Å². The molecule has 1 amide bonds. The molecule has 0 aliphatic rings. The molecule has 1 aromatic rings. The molecular weight excluding hydrogens is 266 g/mol. The molecule has 1 rings (SSSR count). The predicted octanol–water partition coefficient (Wildman–Crippen LogP) is 4.16. The van der Waals surface area contributed by atoms with Crippen LogP contribution in [0, 0.1) is 0 Å². The number of carbonyl (C=O) groups excluding carboxylic acids is 2. The molecule has 0 saturated carbocycles. The fourth-order valence-electron chi connectivity index (χ4n) is 1.90. The highest BCUT2D eigenvalue weighted by molar-refractivity contribution is 5.93. The molecule has 0 atom stereocenters. The lowest BCUT2D eigenvalue weighted by atomic mass is 10.1. The van der Waals surface area contributed by atoms with E-state index in [1.807, 2.05) is 6.92 Å². The van der Waals surface area contributed by atoms with Gasteiger partial charge in [-0.15, -0.1) is 0 Å². The summed E-state index contributed by atoms with van der Waals surface area (Å²) in [5, 5.41) is 2.84. The van der Waals surface area contributed by atoms with Crippen LogP contribution in [0.25, 0.3) is 0 Å². The van der Waals surface area contributed by atoms with E-state index in [1.165, 1.54) is 6.42 Å². The number of amides is 1. The summed E-state index contributed by atoms with van der Waals surface area (Å²) in [6.07, 6.45) is 5.69. The lowest BCUT2D eigenvalue weighted by Gasteiger charge is -2.07. The normalized spacial score (nSPS) is 10.2. The summed E-state index contributed by atoms with van der Waals surface area (Å²) < 4.78 is 5.05. The summed E-state index contributed by atoms with van der Waals surface area (Å²) in [4.78, 5) is 23.4. The van der Waals surface area contributed by atoms with Crippen LogP contribution in [0.15, 0.2) is 24.3 Å². The van der Waals surface area contributed by atoms with Crippen LogP contribution >= 0.6 is 0 Å². The molecule has 1 aromatic carbocycles. The van der Waals surface area contributed by atoms with Crippen molar-refractivity contribution in [3.05, 3.63) is 29.8 Å². The maximum Gasteiger partial charge on any atom is 0.338 e. The third kappa shape index (κ3) is 6.93. The largest absolute Gasteiger partial charge is 0.462 e. The fraction of sp³-hybridized carbons (Fsp3) is 0.529. The van der Waals surface area contributed by atoms with Crippen molar-refractivity contribution in [1.82, 2.24) is 0 Å². The minimum Gasteiger partial charge on any atom is -0.462 e. The van der Waals surface area contributed by atoms with Crippen molar-refractivity contribution in [2.75, 3.05) is 11.9 Å². The zero-order chi connectivity index (χ0) is 15.5. The summed E-state index contributed by atoms with van der Waals surface area (Å²) >= 11 is 0. The van der Waals surface area contributed by atoms with Crippen LogP contribution in [0.5, 0.6) is 0 Å². The van der Waals surface area contributed by atoms with E-state index in [9.17, 15) is 9.59 Å². The van der Waals surface area contributed by atoms with Crippen molar-refractivity contribution in [3.8, 4) is 0 Å². The standard InChI is InChI=1S/C17H25NO3/c1-3-5-6-7-8-16(19)18-15-11-9-14(10-12-15)17(20)21-13-4-2/h9-12H,3-8,13H2,1-2H3,(H,18,19). The average molecular weight is 291 g/mol. The molecule has 0 fully saturated rings. The molecule has 116 valence electrons. The molecule has 1 N–H and O–H groups in total. The molecule has 0 aromatic heterocycles. The van der Waals surface area contributed by atoms with E-state index in [0.717, 1.165) is 25.7 Å². The van der Waals surface area contributed by atoms with Crippen molar-refractivity contribution in [3.63, 3.8) is 0 Å². The minimum absolute atomic E-state index is 0.0208. The monoisotopic (exact) mass is 291 g/mol. The van der Waals surface area contributed by atoms with Gasteiger partial charge in [-0.05, 0) is 37.1 Å². The molecule has 0 spiro atoms. The van der Waals surface area contributed by atoms with Crippen LogP contribution in [0.4, 0.5) is 5.69 Å². The smallest absolute Gasteiger partial charge is 0.338 e. The van der Waals surface area contributed by atoms with Gasteiger partial charge < -0.3 is 10.1 Å². The first-order chi connectivity index (χ1) is 10.2. The van der Waals surface area contributed by atoms with Crippen molar-refractivity contribution in [2.24, 2.45) is 0 Å². The third-order valence-electron chi connectivity index (χ3n) is 3.10. The van der Waals surface area contributed by atoms with Gasteiger partial charge in [-0.25, -0.2) is 4.79 Å². The van der Waals surface area contributed by atoms with Gasteiger partial charge in [-0.3, -0.25) is 4.79 Å². The van der Waals surface area contributed by atoms with E-state index in [0.29, 0.717) is 24.3 Å². The second-order valence-electron chi connectivity index (χ2n) is 5.07. The molecule has 21 heavy (non-hydrogen) atoms. The van der Waals surface area contributed by atoms with Gasteiger partial charge in [0.2, 0.25) is 5.91 Å². The number of anilines is 1. The van der Waals surface area contributed by atoms with Gasteiger partial charge in [0.15, 0.2) is 0 Å². The topological polar surface area (TPSA) is 55.4 Å². The molecular formula is C17H25NO3. The van der Waals surface area contributed by atoms with Gasteiger partial charge in [0, 0.05) is 12.1 Å². The van der Waals surface area contributed by atoms with E-state index in [2.05, 4.69) is 12.2 Å². The zero-order valence-electron chi connectivity index (χ0n) is 13.0. The Balaban J connectivity index is 2.39. The Kier molecular flexibility index (Phi) is 8.17. The fourth-order valence-corrected chi connectivity index (χ4v) is 1.90. The summed E-state index contributed by atoms with van der Waals surface area (Å²) in [6, 6.07) is 6.80. The van der Waals surface area contributed by atoms with Gasteiger partial charge >= 0.3 is 5.97 Å². The summed E-state index contributed by atoms with van der Waals surface area (Å²) in [6.45, 7) is 4.52. The van der Waals surface area contributed by atoms with Gasteiger partial charge in [0.05, 0.1) is 12.2 Å². The van der Waals surface area contributed by atoms with Crippen LogP contribution < -0.4 is 5.32 Å². The predicted molar refractivity (Wildman–Crippen MR) is 84.4 cm³/mol. The maximum atomic E-state index is 11.7. The Labute approximate surface area is 126 Å². The first-order valence-electron chi connectivity index (χ1n) is 7.74. The Morgan fingerprint density at radius 2 is 1.71 bits per heavy atom. The average Bonchev–Trinajstić information content (AvgIpc) is 2.50. The second kappa shape index (κ2) is 9.97. The van der Waals surface area contributed by atoms with E-state index in [1.54, 1.807) is 24.3 Å². The quantitative estimate of drug-likeness (QED) is 0.549. The number of unbranched alkanes of at least 4 members (excludes halogenated alkanes) is 3. The van der Waals surface area contributed by atoms with Gasteiger partial charge in [-0.1, -0.05) is 33.1 Å². The molecule has 4 nitrogen and oxygen atoms in total. The Morgan fingerprint density at radius 3 is 2.33 bits per heavy atom. The molecule has 0 aliphatic carbocycles. The van der Waals surface area contributed by atoms with Crippen LogP contribution in [0.2, 0.25) is 0 Å². The summed E-state index contributed by atoms with van der Waals surface area (Å²) in [5.74, 6) is -0.304. The number of benzene rings is 1. The third-order valence-corrected chi connectivity index (χ3v) is 3.10. The highest BCUT2D eigenvalue weighted by Crippen LogP contribution is 2.12. The Bertz CT molecular complexity index is 440. The van der Waals surface area contributed by atoms with Crippen molar-refractivity contribution in [1.29, 1.82) is 0 Å². The number of ether oxygens (including phenoxy) is 1. The minimum atomic E-state index is -0.325. The molecule has 0 saturated heterocycles. The molecule has 4 heteroatoms. The number of esters is 1. The van der Waals surface area contributed by atoms with E-state index in [-0.39, 0.29) is 11.9 Å². The van der Waals surface area contributed by atoms with Crippen molar-refractivity contribution < 1.29 is 14.3 Å². The molecule has 0 heterocycles. The first kappa shape index (κ1) is 17.2. The van der Waals surface area contributed by atoms with Crippen LogP contribution in [-0.2, 0) is 9.53 Å². The highest BCUT2D eigenvalue weighted by atomic mass is 16.5. The molecule has 0 aliphatic heterocycles. The second-order valence-corrected chi connectivity index (χ2v) is 5.07. The SMILES string of the molecule is CCCCCCC(=O)Nc1ccc(C(=O)OCCC)cc1. The molecule has 0 radical (unpaired) electrons.